The maximum atomic E-state index is 13.0. The summed E-state index contributed by atoms with van der Waals surface area (Å²) in [5, 5.41) is 4.80. The second-order valence-corrected chi connectivity index (χ2v) is 17.0. The third kappa shape index (κ3) is 6.49. The SMILES string of the molecule is CCC1(C[C@H](C)CN2C(=O)COc3cc(-c4cccc(-c5cccc(-c6ccc7c(c6)OCC(=O)N7C[C@@H]6CC7(CC7)CN6)c5Cl)c4Cl)ccc32)CC1. The van der Waals surface area contributed by atoms with Crippen molar-refractivity contribution < 1.29 is 19.1 Å². The molecule has 3 fully saturated rings. The van der Waals surface area contributed by atoms with E-state index in [0.717, 1.165) is 64.1 Å². The Morgan fingerprint density at radius 1 is 0.774 bits per heavy atom. The van der Waals surface area contributed by atoms with Gasteiger partial charge in [0.15, 0.2) is 13.2 Å². The number of fused-ring (bicyclic) bond motifs is 2. The third-order valence-corrected chi connectivity index (χ3v) is 13.3. The molecule has 1 spiro atoms. The van der Waals surface area contributed by atoms with Crippen molar-refractivity contribution in [3.05, 3.63) is 82.8 Å². The van der Waals surface area contributed by atoms with Crippen LogP contribution in [0.5, 0.6) is 11.5 Å². The van der Waals surface area contributed by atoms with Gasteiger partial charge in [0.1, 0.15) is 11.5 Å². The lowest BCUT2D eigenvalue weighted by Crippen LogP contribution is -2.45. The second-order valence-electron chi connectivity index (χ2n) is 16.2. The van der Waals surface area contributed by atoms with Crippen molar-refractivity contribution >= 4 is 46.4 Å². The van der Waals surface area contributed by atoms with Gasteiger partial charge < -0.3 is 24.6 Å². The lowest BCUT2D eigenvalue weighted by molar-refractivity contribution is -0.122. The van der Waals surface area contributed by atoms with Gasteiger partial charge in [-0.1, -0.05) is 92.0 Å². The molecule has 0 aromatic heterocycles. The van der Waals surface area contributed by atoms with Crippen LogP contribution in [-0.2, 0) is 9.59 Å². The first-order chi connectivity index (χ1) is 25.6. The van der Waals surface area contributed by atoms with E-state index >= 15 is 0 Å². The highest BCUT2D eigenvalue weighted by atomic mass is 35.5. The van der Waals surface area contributed by atoms with Crippen molar-refractivity contribution in [1.82, 2.24) is 5.32 Å². The molecule has 2 aliphatic carbocycles. The number of benzene rings is 4. The van der Waals surface area contributed by atoms with Crippen molar-refractivity contribution in [2.45, 2.75) is 64.8 Å². The third-order valence-electron chi connectivity index (χ3n) is 12.5. The minimum atomic E-state index is -0.0157. The zero-order valence-corrected chi connectivity index (χ0v) is 31.9. The first-order valence-electron chi connectivity index (χ1n) is 19.1. The van der Waals surface area contributed by atoms with Crippen LogP contribution in [0.2, 0.25) is 10.0 Å². The van der Waals surface area contributed by atoms with Gasteiger partial charge in [-0.3, -0.25) is 9.59 Å². The van der Waals surface area contributed by atoms with Gasteiger partial charge in [-0.15, -0.1) is 0 Å². The topological polar surface area (TPSA) is 71.1 Å². The van der Waals surface area contributed by atoms with E-state index < -0.39 is 0 Å². The van der Waals surface area contributed by atoms with Crippen LogP contribution >= 0.6 is 23.2 Å². The fraction of sp³-hybridized carbons (Fsp3) is 0.409. The molecule has 9 heteroatoms. The Hall–Kier alpha value is -4.04. The summed E-state index contributed by atoms with van der Waals surface area (Å²) < 4.78 is 12.0. The first kappa shape index (κ1) is 34.7. The summed E-state index contributed by atoms with van der Waals surface area (Å²) in [5.41, 5.74) is 7.66. The Labute approximate surface area is 321 Å². The number of halogens is 2. The zero-order valence-electron chi connectivity index (χ0n) is 30.4. The molecule has 3 aliphatic heterocycles. The number of hydrogen-bond donors (Lipinski definition) is 1. The van der Waals surface area contributed by atoms with Crippen molar-refractivity contribution in [3.8, 4) is 44.9 Å². The van der Waals surface area contributed by atoms with Crippen LogP contribution in [0.25, 0.3) is 33.4 Å². The van der Waals surface area contributed by atoms with Crippen LogP contribution in [0.4, 0.5) is 11.4 Å². The van der Waals surface area contributed by atoms with E-state index in [9.17, 15) is 9.59 Å². The summed E-state index contributed by atoms with van der Waals surface area (Å²) in [7, 11) is 0. The number of nitrogens with zero attached hydrogens (tertiary/aromatic N) is 2. The van der Waals surface area contributed by atoms with Crippen molar-refractivity contribution in [1.29, 1.82) is 0 Å². The average molecular weight is 751 g/mol. The Morgan fingerprint density at radius 2 is 1.32 bits per heavy atom. The second kappa shape index (κ2) is 13.4. The van der Waals surface area contributed by atoms with Crippen LogP contribution in [0, 0.1) is 16.7 Å². The maximum Gasteiger partial charge on any atom is 0.265 e. The summed E-state index contributed by atoms with van der Waals surface area (Å²) >= 11 is 14.4. The zero-order chi connectivity index (χ0) is 36.5. The van der Waals surface area contributed by atoms with Gasteiger partial charge in [-0.2, -0.15) is 0 Å². The van der Waals surface area contributed by atoms with Gasteiger partial charge in [0.2, 0.25) is 0 Å². The average Bonchev–Trinajstić information content (AvgIpc) is 4.08. The number of amides is 2. The molecule has 4 aromatic rings. The molecule has 1 saturated heterocycles. The Kier molecular flexibility index (Phi) is 8.75. The number of ether oxygens (including phenoxy) is 2. The lowest BCUT2D eigenvalue weighted by Gasteiger charge is -2.32. The summed E-state index contributed by atoms with van der Waals surface area (Å²) in [6.07, 6.45) is 8.63. The van der Waals surface area contributed by atoms with Gasteiger partial charge in [-0.05, 0) is 90.7 Å². The quantitative estimate of drug-likeness (QED) is 0.175. The molecule has 0 unspecified atom stereocenters. The molecule has 1 N–H and O–H groups in total. The van der Waals surface area contributed by atoms with E-state index in [0.29, 0.717) is 57.4 Å². The molecule has 2 atom stereocenters. The Balaban J connectivity index is 0.974. The van der Waals surface area contributed by atoms with Gasteiger partial charge in [0.05, 0.1) is 21.4 Å². The summed E-state index contributed by atoms with van der Waals surface area (Å²) in [6.45, 7) is 6.96. The van der Waals surface area contributed by atoms with E-state index in [4.69, 9.17) is 32.7 Å². The number of nitrogens with one attached hydrogen (secondary N) is 1. The van der Waals surface area contributed by atoms with Crippen LogP contribution in [-0.4, -0.2) is 50.7 Å². The fourth-order valence-electron chi connectivity index (χ4n) is 9.00. The largest absolute Gasteiger partial charge is 0.482 e. The molecule has 2 saturated carbocycles. The monoisotopic (exact) mass is 749 g/mol. The summed E-state index contributed by atoms with van der Waals surface area (Å²) in [6, 6.07) is 24.2. The molecule has 53 heavy (non-hydrogen) atoms. The van der Waals surface area contributed by atoms with E-state index in [-0.39, 0.29) is 25.0 Å². The van der Waals surface area contributed by atoms with Gasteiger partial charge >= 0.3 is 0 Å². The highest BCUT2D eigenvalue weighted by molar-refractivity contribution is 6.39. The maximum absolute atomic E-state index is 13.0. The summed E-state index contributed by atoms with van der Waals surface area (Å²) in [4.78, 5) is 29.8. The predicted octanol–water partition coefficient (Wildman–Crippen LogP) is 9.80. The number of hydrogen-bond acceptors (Lipinski definition) is 5. The number of rotatable bonds is 10. The van der Waals surface area contributed by atoms with Crippen LogP contribution in [0.3, 0.4) is 0 Å². The Bertz CT molecular complexity index is 2130. The fourth-order valence-corrected chi connectivity index (χ4v) is 9.67. The molecule has 3 heterocycles. The van der Waals surface area contributed by atoms with Crippen molar-refractivity contribution in [2.24, 2.45) is 16.7 Å². The van der Waals surface area contributed by atoms with Gasteiger partial charge in [0.25, 0.3) is 11.8 Å². The summed E-state index contributed by atoms with van der Waals surface area (Å²) in [5.74, 6) is 1.75. The lowest BCUT2D eigenvalue weighted by atomic mass is 9.90. The minimum Gasteiger partial charge on any atom is -0.482 e. The highest BCUT2D eigenvalue weighted by Crippen LogP contribution is 2.54. The normalized spacial score (nSPS) is 21.2. The van der Waals surface area contributed by atoms with Crippen molar-refractivity contribution in [2.75, 3.05) is 42.6 Å². The van der Waals surface area contributed by atoms with Crippen molar-refractivity contribution in [3.63, 3.8) is 0 Å². The molecule has 4 aromatic carbocycles. The molecular formula is C44H45Cl2N3O4. The van der Waals surface area contributed by atoms with E-state index in [2.05, 4.69) is 19.2 Å². The van der Waals surface area contributed by atoms with Crippen LogP contribution in [0.15, 0.2) is 72.8 Å². The standard InChI is InChI=1S/C44H45Cl2N3O4/c1-3-43(14-15-43)20-27(2)22-48-35-12-10-28(18-37(35)52-24-39(48)50)31-6-4-8-33(41(31)45)34-9-5-7-32(42(34)46)29-11-13-36-38(19-29)53-25-40(51)49(36)23-30-21-44(16-17-44)26-47-30/h4-13,18-19,27,30,47H,3,14-17,20-26H2,1-2H3/t27-,30-/m0/s1. The highest BCUT2D eigenvalue weighted by Gasteiger charge is 2.49. The smallest absolute Gasteiger partial charge is 0.265 e. The van der Waals surface area contributed by atoms with E-state index in [1.165, 1.54) is 32.1 Å². The molecule has 0 radical (unpaired) electrons. The minimum absolute atomic E-state index is 0.00275. The van der Waals surface area contributed by atoms with Gasteiger partial charge in [-0.25, -0.2) is 0 Å². The Morgan fingerprint density at radius 3 is 1.85 bits per heavy atom. The predicted molar refractivity (Wildman–Crippen MR) is 212 cm³/mol. The van der Waals surface area contributed by atoms with E-state index in [1.807, 2.05) is 82.6 Å². The number of carbonyl (C=O) groups excluding carboxylic acids is 2. The molecule has 274 valence electrons. The number of carbonyl (C=O) groups is 2. The number of anilines is 2. The molecule has 5 aliphatic rings. The van der Waals surface area contributed by atoms with Crippen LogP contribution in [0.1, 0.15) is 58.8 Å². The molecule has 0 bridgehead atoms. The molecule has 2 amide bonds. The van der Waals surface area contributed by atoms with Crippen LogP contribution < -0.4 is 24.6 Å². The van der Waals surface area contributed by atoms with Gasteiger partial charge in [0, 0.05) is 47.9 Å². The molecule has 7 nitrogen and oxygen atoms in total. The first-order valence-corrected chi connectivity index (χ1v) is 19.9. The van der Waals surface area contributed by atoms with E-state index in [1.54, 1.807) is 0 Å². The molecular weight excluding hydrogens is 705 g/mol. The molecule has 9 rings (SSSR count).